The van der Waals surface area contributed by atoms with Crippen LogP contribution in [-0.2, 0) is 4.57 Å². The average molecular weight is 216 g/mol. The third-order valence-corrected chi connectivity index (χ3v) is 3.14. The van der Waals surface area contributed by atoms with Gasteiger partial charge in [-0.2, -0.15) is 0 Å². The molecule has 3 nitrogen and oxygen atoms in total. The molecular weight excluding hydrogens is 195 g/mol. The monoisotopic (exact) mass is 216 g/mol. The number of hydrogen-bond donors (Lipinski definition) is 1. The van der Waals surface area contributed by atoms with Crippen LogP contribution in [-0.4, -0.2) is 30.6 Å². The van der Waals surface area contributed by atoms with E-state index in [1.54, 1.807) is 0 Å². The minimum Gasteiger partial charge on any atom is -0.302 e. The van der Waals surface area contributed by atoms with Gasteiger partial charge < -0.3 is 4.90 Å². The van der Waals surface area contributed by atoms with Crippen LogP contribution in [0.4, 0.5) is 0 Å². The molecular formula is C10H21N2OP. The Kier molecular flexibility index (Phi) is 5.61. The maximum absolute atomic E-state index is 10.5. The highest BCUT2D eigenvalue weighted by atomic mass is 31.1. The molecule has 1 rings (SSSR count). The highest BCUT2D eigenvalue weighted by molar-refractivity contribution is 7.21. The molecule has 1 fully saturated rings. The molecule has 0 saturated carbocycles. The standard InChI is InChI=1S/C10H21N2OP/c1-9(2)7-10(11-14-13)8-12-5-3-4-6-12/h9-10H,3-8H2,1-2H3,(H,11,13)/t10-/m0/s1. The first kappa shape index (κ1) is 12.1. The molecule has 0 aromatic carbocycles. The van der Waals surface area contributed by atoms with Crippen LogP contribution in [0.1, 0.15) is 33.1 Å². The fraction of sp³-hybridized carbons (Fsp3) is 1.00. The summed E-state index contributed by atoms with van der Waals surface area (Å²) in [5, 5.41) is 3.02. The summed E-state index contributed by atoms with van der Waals surface area (Å²) in [6.07, 6.45) is 3.75. The molecule has 1 N–H and O–H groups in total. The Balaban J connectivity index is 2.29. The first-order valence-corrected chi connectivity index (χ1v) is 6.34. The Morgan fingerprint density at radius 3 is 2.50 bits per heavy atom. The van der Waals surface area contributed by atoms with Crippen LogP contribution in [0.25, 0.3) is 0 Å². The van der Waals surface area contributed by atoms with Gasteiger partial charge in [0.05, 0.1) is 0 Å². The number of nitrogens with one attached hydrogen (secondary N) is 1. The van der Waals surface area contributed by atoms with Gasteiger partial charge in [0, 0.05) is 12.6 Å². The molecule has 1 aliphatic heterocycles. The summed E-state index contributed by atoms with van der Waals surface area (Å²) in [5.41, 5.74) is 0. The Morgan fingerprint density at radius 2 is 2.00 bits per heavy atom. The van der Waals surface area contributed by atoms with Crippen molar-refractivity contribution in [2.75, 3.05) is 19.6 Å². The van der Waals surface area contributed by atoms with E-state index in [1.165, 1.54) is 25.9 Å². The van der Waals surface area contributed by atoms with E-state index in [1.807, 2.05) is 0 Å². The van der Waals surface area contributed by atoms with Crippen LogP contribution in [0.3, 0.4) is 0 Å². The number of rotatable bonds is 6. The van der Waals surface area contributed by atoms with Crippen LogP contribution in [0, 0.1) is 5.92 Å². The zero-order valence-corrected chi connectivity index (χ0v) is 10.1. The molecule has 0 aliphatic carbocycles. The van der Waals surface area contributed by atoms with Gasteiger partial charge in [-0.1, -0.05) is 13.8 Å². The predicted octanol–water partition coefficient (Wildman–Crippen LogP) is 2.29. The average Bonchev–Trinajstić information content (AvgIpc) is 2.56. The molecule has 14 heavy (non-hydrogen) atoms. The van der Waals surface area contributed by atoms with E-state index in [-0.39, 0.29) is 8.61 Å². The van der Waals surface area contributed by atoms with E-state index < -0.39 is 0 Å². The van der Waals surface area contributed by atoms with Gasteiger partial charge in [-0.15, -0.1) is 0 Å². The van der Waals surface area contributed by atoms with Gasteiger partial charge in [0.25, 0.3) is 0 Å². The highest BCUT2D eigenvalue weighted by Gasteiger charge is 2.17. The van der Waals surface area contributed by atoms with Crippen molar-refractivity contribution < 1.29 is 4.57 Å². The zero-order valence-electron chi connectivity index (χ0n) is 9.20. The van der Waals surface area contributed by atoms with Crippen molar-refractivity contribution in [1.29, 1.82) is 0 Å². The Labute approximate surface area is 88.5 Å². The van der Waals surface area contributed by atoms with Crippen LogP contribution in [0.2, 0.25) is 0 Å². The molecule has 1 atom stereocenters. The van der Waals surface area contributed by atoms with E-state index in [4.69, 9.17) is 0 Å². The van der Waals surface area contributed by atoms with Crippen molar-refractivity contribution >= 4 is 8.61 Å². The van der Waals surface area contributed by atoms with Gasteiger partial charge in [0.2, 0.25) is 8.61 Å². The number of hydrogen-bond acceptors (Lipinski definition) is 2. The van der Waals surface area contributed by atoms with E-state index in [2.05, 4.69) is 23.8 Å². The normalized spacial score (nSPS) is 20.8. The summed E-state index contributed by atoms with van der Waals surface area (Å²) in [5.74, 6) is 0.664. The maximum atomic E-state index is 10.5. The molecule has 82 valence electrons. The smallest absolute Gasteiger partial charge is 0.246 e. The second kappa shape index (κ2) is 6.49. The van der Waals surface area contributed by atoms with E-state index in [0.717, 1.165) is 13.0 Å². The van der Waals surface area contributed by atoms with Gasteiger partial charge in [0.1, 0.15) is 0 Å². The van der Waals surface area contributed by atoms with Gasteiger partial charge in [-0.3, -0.25) is 4.57 Å². The summed E-state index contributed by atoms with van der Waals surface area (Å²) < 4.78 is 10.5. The van der Waals surface area contributed by atoms with Crippen LogP contribution >= 0.6 is 8.61 Å². The van der Waals surface area contributed by atoms with Crippen LogP contribution in [0.5, 0.6) is 0 Å². The van der Waals surface area contributed by atoms with Crippen molar-refractivity contribution in [1.82, 2.24) is 9.99 Å². The fourth-order valence-electron chi connectivity index (χ4n) is 2.09. The Hall–Kier alpha value is 0.0200. The van der Waals surface area contributed by atoms with E-state index in [9.17, 15) is 4.57 Å². The highest BCUT2D eigenvalue weighted by Crippen LogP contribution is 2.13. The zero-order chi connectivity index (χ0) is 10.4. The van der Waals surface area contributed by atoms with Gasteiger partial charge in [0.15, 0.2) is 0 Å². The third kappa shape index (κ3) is 4.50. The number of nitrogens with zero attached hydrogens (tertiary/aromatic N) is 1. The summed E-state index contributed by atoms with van der Waals surface area (Å²) in [4.78, 5) is 2.46. The molecule has 0 radical (unpaired) electrons. The summed E-state index contributed by atoms with van der Waals surface area (Å²) in [6.45, 7) is 7.90. The van der Waals surface area contributed by atoms with Gasteiger partial charge in [-0.05, 0) is 38.3 Å². The van der Waals surface area contributed by atoms with Gasteiger partial charge in [-0.25, -0.2) is 5.09 Å². The predicted molar refractivity (Wildman–Crippen MR) is 59.7 cm³/mol. The maximum Gasteiger partial charge on any atom is 0.246 e. The fourth-order valence-corrected chi connectivity index (χ4v) is 2.42. The lowest BCUT2D eigenvalue weighted by atomic mass is 10.0. The van der Waals surface area contributed by atoms with Crippen LogP contribution < -0.4 is 5.09 Å². The van der Waals surface area contributed by atoms with E-state index >= 15 is 0 Å². The molecule has 0 aromatic heterocycles. The molecule has 0 aromatic rings. The second-order valence-electron chi connectivity index (χ2n) is 4.55. The first-order chi connectivity index (χ1) is 6.72. The third-order valence-electron chi connectivity index (χ3n) is 2.67. The quantitative estimate of drug-likeness (QED) is 0.691. The molecule has 0 bridgehead atoms. The van der Waals surface area contributed by atoms with Crippen molar-refractivity contribution in [3.63, 3.8) is 0 Å². The topological polar surface area (TPSA) is 32.3 Å². The summed E-state index contributed by atoms with van der Waals surface area (Å²) >= 11 is 0. The Bertz CT molecular complexity index is 170. The molecule has 1 aliphatic rings. The van der Waals surface area contributed by atoms with Crippen molar-refractivity contribution in [2.45, 2.75) is 39.2 Å². The first-order valence-electron chi connectivity index (χ1n) is 5.52. The minimum absolute atomic E-state index is 0.0711. The lowest BCUT2D eigenvalue weighted by Crippen LogP contribution is -2.37. The molecule has 0 amide bonds. The summed E-state index contributed by atoms with van der Waals surface area (Å²) in [6, 6.07) is 0.382. The Morgan fingerprint density at radius 1 is 1.36 bits per heavy atom. The van der Waals surface area contributed by atoms with Crippen LogP contribution in [0.15, 0.2) is 0 Å². The second-order valence-corrected chi connectivity index (χ2v) is 5.00. The van der Waals surface area contributed by atoms with Crippen molar-refractivity contribution in [2.24, 2.45) is 5.92 Å². The lowest BCUT2D eigenvalue weighted by Gasteiger charge is -2.23. The molecule has 0 spiro atoms. The SMILES string of the molecule is CC(C)C[C@@H](CN1CCCC1)NP=O. The van der Waals surface area contributed by atoms with Crippen molar-refractivity contribution in [3.8, 4) is 0 Å². The van der Waals surface area contributed by atoms with Gasteiger partial charge >= 0.3 is 0 Å². The van der Waals surface area contributed by atoms with E-state index in [0.29, 0.717) is 12.0 Å². The molecule has 4 heteroatoms. The largest absolute Gasteiger partial charge is 0.302 e. The molecule has 1 heterocycles. The lowest BCUT2D eigenvalue weighted by molar-refractivity contribution is 0.287. The molecule has 1 saturated heterocycles. The van der Waals surface area contributed by atoms with Crippen molar-refractivity contribution in [3.05, 3.63) is 0 Å². The number of likely N-dealkylation sites (tertiary alicyclic amines) is 1. The summed E-state index contributed by atoms with van der Waals surface area (Å²) in [7, 11) is 0.0711. The minimum atomic E-state index is 0.0711. The molecule has 0 unspecified atom stereocenters.